The van der Waals surface area contributed by atoms with Crippen LogP contribution in [0.15, 0.2) is 40.2 Å². The molecule has 0 atom stereocenters. The number of nitrogens with zero attached hydrogens (tertiary/aromatic N) is 2. The Bertz CT molecular complexity index is 948. The summed E-state index contributed by atoms with van der Waals surface area (Å²) in [6.07, 6.45) is 7.15. The van der Waals surface area contributed by atoms with Crippen LogP contribution in [-0.4, -0.2) is 15.6 Å². The number of para-hydroxylation sites is 1. The maximum absolute atomic E-state index is 12.4. The van der Waals surface area contributed by atoms with Crippen molar-refractivity contribution < 1.29 is 4.79 Å². The molecule has 1 saturated heterocycles. The highest BCUT2D eigenvalue weighted by atomic mass is 32.2. The number of aryl methyl sites for hydroxylation is 2. The molecule has 0 bridgehead atoms. The van der Waals surface area contributed by atoms with Crippen LogP contribution in [0.25, 0.3) is 6.08 Å². The molecule has 4 nitrogen and oxygen atoms in total. The van der Waals surface area contributed by atoms with Crippen molar-refractivity contribution >= 4 is 34.6 Å². The number of thioether (sulfide) groups is 1. The van der Waals surface area contributed by atoms with E-state index in [2.05, 4.69) is 34.8 Å². The van der Waals surface area contributed by atoms with Crippen LogP contribution < -0.4 is 5.32 Å². The van der Waals surface area contributed by atoms with E-state index < -0.39 is 0 Å². The normalized spacial score (nSPS) is 20.8. The fraction of sp³-hybridized carbons (Fsp3) is 0.364. The Kier molecular flexibility index (Phi) is 4.96. The van der Waals surface area contributed by atoms with Crippen molar-refractivity contribution in [1.82, 2.24) is 9.88 Å². The van der Waals surface area contributed by atoms with Crippen molar-refractivity contribution in [3.8, 4) is 0 Å². The third-order valence-electron chi connectivity index (χ3n) is 5.49. The van der Waals surface area contributed by atoms with Crippen molar-refractivity contribution in [2.45, 2.75) is 52.5 Å². The van der Waals surface area contributed by atoms with E-state index in [-0.39, 0.29) is 5.91 Å². The summed E-state index contributed by atoms with van der Waals surface area (Å²) in [5.74, 6) is -0.0713. The molecule has 27 heavy (non-hydrogen) atoms. The van der Waals surface area contributed by atoms with E-state index in [0.29, 0.717) is 16.1 Å². The quantitative estimate of drug-likeness (QED) is 0.724. The molecule has 1 aromatic carbocycles. The van der Waals surface area contributed by atoms with Crippen molar-refractivity contribution in [2.75, 3.05) is 0 Å². The average Bonchev–Trinajstić information content (AvgIpc) is 3.32. The summed E-state index contributed by atoms with van der Waals surface area (Å²) in [7, 11) is 0. The largest absolute Gasteiger partial charge is 0.346 e. The maximum atomic E-state index is 12.4. The lowest BCUT2D eigenvalue weighted by Crippen LogP contribution is -2.19. The van der Waals surface area contributed by atoms with Gasteiger partial charge in [-0.25, -0.2) is 4.99 Å². The number of benzene rings is 1. The number of amidine groups is 1. The highest BCUT2D eigenvalue weighted by Crippen LogP contribution is 2.35. The lowest BCUT2D eigenvalue weighted by molar-refractivity contribution is -0.115. The Balaban J connectivity index is 1.61. The van der Waals surface area contributed by atoms with Gasteiger partial charge in [0, 0.05) is 17.4 Å². The van der Waals surface area contributed by atoms with Gasteiger partial charge in [-0.15, -0.1) is 0 Å². The highest BCUT2D eigenvalue weighted by molar-refractivity contribution is 8.18. The lowest BCUT2D eigenvalue weighted by atomic mass is 10.2. The van der Waals surface area contributed by atoms with Gasteiger partial charge in [-0.2, -0.15) is 0 Å². The second kappa shape index (κ2) is 7.39. The van der Waals surface area contributed by atoms with Crippen LogP contribution in [0.5, 0.6) is 0 Å². The zero-order chi connectivity index (χ0) is 19.0. The summed E-state index contributed by atoms with van der Waals surface area (Å²) in [6.45, 7) is 6.35. The van der Waals surface area contributed by atoms with E-state index in [1.165, 1.54) is 48.8 Å². The molecule has 0 spiro atoms. The number of hydrogen-bond donors (Lipinski definition) is 1. The molecule has 1 N–H and O–H groups in total. The minimum Gasteiger partial charge on any atom is -0.346 e. The summed E-state index contributed by atoms with van der Waals surface area (Å²) in [5, 5.41) is 3.54. The van der Waals surface area contributed by atoms with E-state index in [1.807, 2.05) is 37.3 Å². The minimum atomic E-state index is -0.0713. The Morgan fingerprint density at radius 1 is 1.19 bits per heavy atom. The molecule has 1 amide bonds. The van der Waals surface area contributed by atoms with Gasteiger partial charge in [0.05, 0.1) is 10.6 Å². The molecular weight excluding hydrogens is 354 g/mol. The van der Waals surface area contributed by atoms with Crippen LogP contribution >= 0.6 is 11.8 Å². The first-order valence-electron chi connectivity index (χ1n) is 9.56. The molecule has 2 heterocycles. The van der Waals surface area contributed by atoms with Gasteiger partial charge in [0.25, 0.3) is 5.91 Å². The molecule has 140 valence electrons. The highest BCUT2D eigenvalue weighted by Gasteiger charge is 2.26. The van der Waals surface area contributed by atoms with Crippen molar-refractivity contribution in [1.29, 1.82) is 0 Å². The van der Waals surface area contributed by atoms with Crippen LogP contribution in [0, 0.1) is 20.8 Å². The lowest BCUT2D eigenvalue weighted by Gasteiger charge is -2.17. The zero-order valence-electron chi connectivity index (χ0n) is 16.1. The maximum Gasteiger partial charge on any atom is 0.264 e. The summed E-state index contributed by atoms with van der Waals surface area (Å²) in [4.78, 5) is 17.7. The molecule has 2 aliphatic rings. The number of hydrogen-bond acceptors (Lipinski definition) is 3. The first kappa shape index (κ1) is 18.1. The topological polar surface area (TPSA) is 46.4 Å². The number of aromatic nitrogens is 1. The average molecular weight is 380 g/mol. The Morgan fingerprint density at radius 3 is 2.67 bits per heavy atom. The van der Waals surface area contributed by atoms with E-state index in [0.717, 1.165) is 16.8 Å². The van der Waals surface area contributed by atoms with Crippen molar-refractivity contribution in [3.63, 3.8) is 0 Å². The van der Waals surface area contributed by atoms with Crippen LogP contribution in [0.4, 0.5) is 5.69 Å². The molecule has 5 heteroatoms. The minimum absolute atomic E-state index is 0.0713. The Morgan fingerprint density at radius 2 is 1.93 bits per heavy atom. The van der Waals surface area contributed by atoms with Gasteiger partial charge in [0.15, 0.2) is 5.17 Å². The number of aliphatic imine (C=N–C) groups is 1. The van der Waals surface area contributed by atoms with Gasteiger partial charge in [-0.05, 0) is 74.7 Å². The molecule has 1 saturated carbocycles. The van der Waals surface area contributed by atoms with E-state index in [9.17, 15) is 4.79 Å². The third kappa shape index (κ3) is 3.61. The second-order valence-corrected chi connectivity index (χ2v) is 8.43. The van der Waals surface area contributed by atoms with E-state index >= 15 is 0 Å². The third-order valence-corrected chi connectivity index (χ3v) is 6.40. The summed E-state index contributed by atoms with van der Waals surface area (Å²) in [5.41, 5.74) is 5.65. The molecule has 4 rings (SSSR count). The van der Waals surface area contributed by atoms with Gasteiger partial charge in [0.1, 0.15) is 0 Å². The van der Waals surface area contributed by atoms with Gasteiger partial charge in [0.2, 0.25) is 0 Å². The van der Waals surface area contributed by atoms with E-state index in [4.69, 9.17) is 0 Å². The Hall–Kier alpha value is -2.27. The van der Waals surface area contributed by atoms with Crippen LogP contribution in [0.1, 0.15) is 54.2 Å². The monoisotopic (exact) mass is 379 g/mol. The number of carbonyl (C=O) groups is 1. The Labute approximate surface area is 164 Å². The van der Waals surface area contributed by atoms with Gasteiger partial charge in [-0.3, -0.25) is 4.79 Å². The molecule has 2 fully saturated rings. The number of carbonyl (C=O) groups excluding carboxylic acids is 1. The molecule has 1 aliphatic carbocycles. The molecule has 0 radical (unpaired) electrons. The first-order chi connectivity index (χ1) is 13.0. The van der Waals surface area contributed by atoms with Gasteiger partial charge in [-0.1, -0.05) is 31.0 Å². The standard InChI is InChI=1S/C22H25N3OS/c1-14-8-4-7-11-19(14)23-22-24-21(26)20(27-22)13-17-12-15(2)25(16(17)3)18-9-5-6-10-18/h4,7-8,11-13,18H,5-6,9-10H2,1-3H3,(H,23,24,26)/b20-13-. The first-order valence-corrected chi connectivity index (χ1v) is 10.4. The fourth-order valence-electron chi connectivity index (χ4n) is 4.09. The fourth-order valence-corrected chi connectivity index (χ4v) is 4.92. The number of nitrogens with one attached hydrogen (secondary N) is 1. The summed E-state index contributed by atoms with van der Waals surface area (Å²) >= 11 is 1.41. The summed E-state index contributed by atoms with van der Waals surface area (Å²) in [6, 6.07) is 10.8. The predicted octanol–water partition coefficient (Wildman–Crippen LogP) is 5.42. The van der Waals surface area contributed by atoms with Crippen LogP contribution in [0.3, 0.4) is 0 Å². The molecule has 1 aromatic heterocycles. The zero-order valence-corrected chi connectivity index (χ0v) is 16.9. The van der Waals surface area contributed by atoms with Crippen LogP contribution in [0.2, 0.25) is 0 Å². The smallest absolute Gasteiger partial charge is 0.264 e. The van der Waals surface area contributed by atoms with Crippen molar-refractivity contribution in [3.05, 3.63) is 57.8 Å². The molecular formula is C22H25N3OS. The number of rotatable bonds is 3. The number of amides is 1. The van der Waals surface area contributed by atoms with Gasteiger partial charge >= 0.3 is 0 Å². The predicted molar refractivity (Wildman–Crippen MR) is 113 cm³/mol. The van der Waals surface area contributed by atoms with Gasteiger partial charge < -0.3 is 9.88 Å². The van der Waals surface area contributed by atoms with Crippen molar-refractivity contribution in [2.24, 2.45) is 4.99 Å². The molecule has 0 unspecified atom stereocenters. The molecule has 1 aliphatic heterocycles. The SMILES string of the molecule is Cc1ccccc1N=C1NC(=O)/C(=C/c2cc(C)n(C3CCCC3)c2C)S1. The summed E-state index contributed by atoms with van der Waals surface area (Å²) < 4.78 is 2.46. The second-order valence-electron chi connectivity index (χ2n) is 7.40. The van der Waals surface area contributed by atoms with Crippen LogP contribution in [-0.2, 0) is 4.79 Å². The molecule has 2 aromatic rings. The van der Waals surface area contributed by atoms with E-state index in [1.54, 1.807) is 0 Å².